The Morgan fingerprint density at radius 2 is 1.60 bits per heavy atom. The van der Waals surface area contributed by atoms with Gasteiger partial charge in [0.1, 0.15) is 5.82 Å². The second kappa shape index (κ2) is 17.8. The number of aliphatic imine (C=N–C) groups is 2. The Morgan fingerprint density at radius 1 is 0.827 bits per heavy atom. The number of rotatable bonds is 12. The molecule has 5 aromatic rings. The van der Waals surface area contributed by atoms with Crippen molar-refractivity contribution in [1.82, 2.24) is 10.2 Å². The van der Waals surface area contributed by atoms with Crippen LogP contribution < -0.4 is 36.6 Å². The minimum Gasteiger partial charge on any atom is -0.0357 e. The van der Waals surface area contributed by atoms with Crippen molar-refractivity contribution in [2.45, 2.75) is 11.0 Å². The number of hydrogen-bond donors (Lipinski definition) is 2. The van der Waals surface area contributed by atoms with E-state index in [1.54, 1.807) is 12.1 Å². The number of anilines is 1. The summed E-state index contributed by atoms with van der Waals surface area (Å²) in [6.45, 7) is 3.57. The van der Waals surface area contributed by atoms with Gasteiger partial charge in [-0.25, -0.2) is 4.39 Å². The smallest absolute Gasteiger partial charge is 0.0243 e. The maximum absolute atomic E-state index is 13.4. The molecule has 7 nitrogen and oxygen atoms in total. The molecule has 0 bridgehead atoms. The average molecular weight is 1150 g/mol. The Morgan fingerprint density at radius 3 is 2.44 bits per heavy atom. The van der Waals surface area contributed by atoms with Crippen LogP contribution in [0.1, 0.15) is 22.5 Å². The zero-order valence-electron chi connectivity index (χ0n) is 28.2. The summed E-state index contributed by atoms with van der Waals surface area (Å²) in [6, 6.07) is 38.4. The number of nitrogens with zero attached hydrogens (tertiary/aromatic N) is 3. The normalized spacial score (nSPS) is 16.6. The van der Waals surface area contributed by atoms with Crippen molar-refractivity contribution in [1.29, 1.82) is 0 Å². The van der Waals surface area contributed by atoms with Gasteiger partial charge in [0, 0.05) is 5.69 Å². The third-order valence-corrected chi connectivity index (χ3v) is 22.7. The van der Waals surface area contributed by atoms with E-state index in [0.29, 0.717) is 12.5 Å². The summed E-state index contributed by atoms with van der Waals surface area (Å²) in [5, 5.41) is 7.02. The molecule has 0 unspecified atom stereocenters. The maximum Gasteiger partial charge on any atom is -0.0243 e. The fraction of sp³-hybridized carbons (Fsp3) is 0.200. The summed E-state index contributed by atoms with van der Waals surface area (Å²) in [6.07, 6.45) is 0. The fourth-order valence-corrected chi connectivity index (χ4v) is 19.6. The van der Waals surface area contributed by atoms with Gasteiger partial charge in [-0.15, -0.1) is 0 Å². The molecule has 1 aromatic heterocycles. The quantitative estimate of drug-likeness (QED) is 0.0920. The van der Waals surface area contributed by atoms with Crippen LogP contribution in [0.2, 0.25) is 0 Å². The Hall–Kier alpha value is -2.39. The first kappa shape index (κ1) is 36.6. The van der Waals surface area contributed by atoms with E-state index in [2.05, 4.69) is 76.2 Å². The molecule has 0 spiro atoms. The molecule has 3 aliphatic rings. The molecular formula is C40H37FI4N5O2-. The van der Waals surface area contributed by atoms with Crippen LogP contribution in [0.5, 0.6) is 5.95 Å². The number of ether oxygens (including phenoxy) is 1. The van der Waals surface area contributed by atoms with Gasteiger partial charge in [0.05, 0.1) is 0 Å². The van der Waals surface area contributed by atoms with E-state index in [4.69, 9.17) is 19.1 Å². The van der Waals surface area contributed by atoms with Crippen LogP contribution in [0.4, 0.5) is 15.8 Å². The van der Waals surface area contributed by atoms with E-state index in [1.807, 2.05) is 30.3 Å². The van der Waals surface area contributed by atoms with Crippen LogP contribution in [-0.4, -0.2) is 52.8 Å². The number of amidine groups is 1. The molecule has 0 saturated carbocycles. The summed E-state index contributed by atoms with van der Waals surface area (Å²) in [4.78, 5) is 12.9. The third-order valence-electron chi connectivity index (χ3n) is 8.45. The zero-order valence-corrected chi connectivity index (χ0v) is 36.8. The summed E-state index contributed by atoms with van der Waals surface area (Å²) >= 11 is -2.14. The van der Waals surface area contributed by atoms with Crippen molar-refractivity contribution in [3.05, 3.63) is 147 Å². The van der Waals surface area contributed by atoms with Gasteiger partial charge in [0.2, 0.25) is 0 Å². The number of furan rings is 1. The molecule has 4 heterocycles. The molecule has 2 N–H and O–H groups in total. The minimum atomic E-state index is -1.08. The van der Waals surface area contributed by atoms with Gasteiger partial charge in [0.25, 0.3) is 0 Å². The summed E-state index contributed by atoms with van der Waals surface area (Å²) < 4.78 is 37.0. The monoisotopic (exact) mass is 1150 g/mol. The van der Waals surface area contributed by atoms with Crippen LogP contribution in [0.3, 0.4) is 0 Å². The standard InChI is InChI=1S/C40H37FI4N5O2/c41-29-14-16-30(17-15-29)47-39-44-38(33-11-5-7-13-35(33)48-39)46-27-31-18-19-36(52-31)51-25-22-45-20-23-50(24-21-45)40-43-34-12-6-4-10-32(34)37(49-40)42-26-28-8-2-1-3-9-28/h1-19,46H,20-27H2,(H,47,48)/q-1. The van der Waals surface area contributed by atoms with Crippen LogP contribution in [0.25, 0.3) is 0 Å². The zero-order chi connectivity index (χ0) is 35.1. The number of nitrogens with one attached hydrogen (secondary N) is 2. The number of halogens is 5. The van der Waals surface area contributed by atoms with Crippen molar-refractivity contribution in [2.24, 2.45) is 9.98 Å². The van der Waals surface area contributed by atoms with Crippen LogP contribution in [0.15, 0.2) is 130 Å². The van der Waals surface area contributed by atoms with Crippen LogP contribution >= 0.6 is 61.3 Å². The molecule has 8 rings (SSSR count). The maximum atomic E-state index is 13.4. The number of fused-ring (bicyclic) bond motifs is 2. The Kier molecular flexibility index (Phi) is 12.5. The van der Waals surface area contributed by atoms with E-state index in [9.17, 15) is 4.39 Å². The first-order valence-electron chi connectivity index (χ1n) is 17.0. The topological polar surface area (TPSA) is 74.4 Å². The summed E-state index contributed by atoms with van der Waals surface area (Å²) in [7, 11) is 0. The molecule has 0 amide bonds. The Labute approximate surface area is 341 Å². The van der Waals surface area contributed by atoms with E-state index < -0.39 is 40.6 Å². The molecule has 0 aliphatic carbocycles. The largest absolute Gasteiger partial charge is 0.0357 e. The van der Waals surface area contributed by atoms with Crippen LogP contribution in [-0.2, 0) is 11.0 Å². The fourth-order valence-electron chi connectivity index (χ4n) is 5.73. The van der Waals surface area contributed by atoms with E-state index >= 15 is 0 Å². The molecule has 0 atom stereocenters. The van der Waals surface area contributed by atoms with E-state index in [1.165, 1.54) is 51.2 Å². The van der Waals surface area contributed by atoms with Gasteiger partial charge in [0.15, 0.2) is 0 Å². The number of hydrogen-bond acceptors (Lipinski definition) is 7. The van der Waals surface area contributed by atoms with Crippen molar-refractivity contribution < 1.29 is 34.7 Å². The first-order valence-corrected chi connectivity index (χ1v) is 28.5. The average Bonchev–Trinajstić information content (AvgIpc) is 3.65. The van der Waals surface area contributed by atoms with Gasteiger partial charge in [-0.2, -0.15) is 0 Å². The summed E-state index contributed by atoms with van der Waals surface area (Å²) in [5.41, 5.74) is 5.70. The molecule has 1 fully saturated rings. The molecule has 1 saturated heterocycles. The minimum absolute atomic E-state index is 0.197. The molecule has 12 heteroatoms. The van der Waals surface area contributed by atoms with Gasteiger partial charge < -0.3 is 0 Å². The Balaban J connectivity index is 0.816. The van der Waals surface area contributed by atoms with Crippen molar-refractivity contribution in [3.8, 4) is 5.95 Å². The molecule has 270 valence electrons. The Bertz CT molecular complexity index is 2140. The van der Waals surface area contributed by atoms with E-state index in [-0.39, 0.29) is 47.8 Å². The van der Waals surface area contributed by atoms with Gasteiger partial charge in [-0.3, -0.25) is 0 Å². The molecule has 0 radical (unpaired) electrons. The SMILES string of the molecule is Fc1ccc(NC2=Nc3ccccc3C(NCc3ccc(OCCI4CCN(C5=Ic6ccccc6C([I-]Cc6ccccc6)=N5)CC4)o3)=I2)cc1. The molecule has 52 heavy (non-hydrogen) atoms. The second-order valence-electron chi connectivity index (χ2n) is 12.0. The molecule has 3 aliphatic heterocycles. The van der Waals surface area contributed by atoms with Gasteiger partial charge in [-0.05, 0) is 24.3 Å². The van der Waals surface area contributed by atoms with Crippen molar-refractivity contribution in [3.63, 3.8) is 0 Å². The summed E-state index contributed by atoms with van der Waals surface area (Å²) in [5.74, 6) is 1.18. The van der Waals surface area contributed by atoms with E-state index in [0.717, 1.165) is 50.7 Å². The molecular weight excluding hydrogens is 1110 g/mol. The predicted molar refractivity (Wildman–Crippen MR) is 234 cm³/mol. The first-order chi connectivity index (χ1) is 25.6. The number of alkyl halides is 4. The number of benzene rings is 4. The third kappa shape index (κ3) is 9.45. The van der Waals surface area contributed by atoms with Gasteiger partial charge >= 0.3 is 299 Å². The van der Waals surface area contributed by atoms with Crippen LogP contribution in [0, 0.1) is 9.39 Å². The second-order valence-corrected chi connectivity index (χ2v) is 26.3. The van der Waals surface area contributed by atoms with Crippen molar-refractivity contribution >= 4 is 87.6 Å². The van der Waals surface area contributed by atoms with Gasteiger partial charge in [-0.1, -0.05) is 6.07 Å². The molecule has 4 aromatic carbocycles. The number of para-hydroxylation sites is 1. The van der Waals surface area contributed by atoms with Crippen molar-refractivity contribution in [2.75, 3.05) is 38.3 Å². The predicted octanol–water partition coefficient (Wildman–Crippen LogP) is 5.95.